The maximum Gasteiger partial charge on any atom is 0.240 e. The highest BCUT2D eigenvalue weighted by Gasteiger charge is 2.20. The predicted molar refractivity (Wildman–Crippen MR) is 50.0 cm³/mol. The summed E-state index contributed by atoms with van der Waals surface area (Å²) in [6.45, 7) is 3.38. The second kappa shape index (κ2) is 5.95. The molecule has 6 nitrogen and oxygen atoms in total. The number of nitrogens with two attached hydrogens (primary N) is 1. The summed E-state index contributed by atoms with van der Waals surface area (Å²) in [4.78, 5) is 31.8. The van der Waals surface area contributed by atoms with Crippen molar-refractivity contribution in [1.82, 2.24) is 10.6 Å². The molecule has 0 fully saturated rings. The van der Waals surface area contributed by atoms with Crippen LogP contribution in [0, 0.1) is 5.92 Å². The summed E-state index contributed by atoms with van der Waals surface area (Å²) < 4.78 is 0. The van der Waals surface area contributed by atoms with E-state index in [4.69, 9.17) is 5.73 Å². The predicted octanol–water partition coefficient (Wildman–Crippen LogP) is -1.64. The molecule has 0 aromatic carbocycles. The molecular weight excluding hydrogens is 186 g/mol. The fraction of sp³-hybridized carbons (Fsp3) is 0.625. The Bertz CT molecular complexity index is 228. The SMILES string of the molecule is CC(C)[C@H](NC(=O)CNC=O)C(N)=O. The number of nitrogens with one attached hydrogen (secondary N) is 2. The van der Waals surface area contributed by atoms with E-state index in [9.17, 15) is 14.4 Å². The van der Waals surface area contributed by atoms with E-state index in [2.05, 4.69) is 10.6 Å². The number of carbonyl (C=O) groups is 3. The van der Waals surface area contributed by atoms with E-state index in [0.717, 1.165) is 0 Å². The highest BCUT2D eigenvalue weighted by atomic mass is 16.2. The Morgan fingerprint density at radius 2 is 2.00 bits per heavy atom. The number of rotatable bonds is 6. The molecule has 0 aromatic rings. The quantitative estimate of drug-likeness (QED) is 0.449. The third-order valence-corrected chi connectivity index (χ3v) is 1.64. The lowest BCUT2D eigenvalue weighted by atomic mass is 10.0. The molecule has 0 spiro atoms. The van der Waals surface area contributed by atoms with Crippen LogP contribution in [-0.2, 0) is 14.4 Å². The Morgan fingerprint density at radius 3 is 2.36 bits per heavy atom. The Kier molecular flexibility index (Phi) is 5.28. The Labute approximate surface area is 82.2 Å². The van der Waals surface area contributed by atoms with Crippen LogP contribution in [0.25, 0.3) is 0 Å². The van der Waals surface area contributed by atoms with Gasteiger partial charge in [0.15, 0.2) is 0 Å². The molecule has 14 heavy (non-hydrogen) atoms. The van der Waals surface area contributed by atoms with Crippen LogP contribution in [0.4, 0.5) is 0 Å². The van der Waals surface area contributed by atoms with Crippen molar-refractivity contribution in [3.05, 3.63) is 0 Å². The van der Waals surface area contributed by atoms with Gasteiger partial charge in [-0.15, -0.1) is 0 Å². The zero-order chi connectivity index (χ0) is 11.1. The van der Waals surface area contributed by atoms with Crippen LogP contribution < -0.4 is 16.4 Å². The molecule has 0 aliphatic heterocycles. The van der Waals surface area contributed by atoms with Crippen LogP contribution in [0.15, 0.2) is 0 Å². The molecule has 0 unspecified atom stereocenters. The van der Waals surface area contributed by atoms with E-state index in [1.807, 2.05) is 0 Å². The fourth-order valence-electron chi connectivity index (χ4n) is 0.925. The first-order valence-corrected chi connectivity index (χ1v) is 4.24. The van der Waals surface area contributed by atoms with Crippen molar-refractivity contribution < 1.29 is 14.4 Å². The van der Waals surface area contributed by atoms with E-state index in [1.165, 1.54) is 0 Å². The number of primary amides is 1. The number of amides is 3. The molecule has 0 aliphatic rings. The third-order valence-electron chi connectivity index (χ3n) is 1.64. The second-order valence-electron chi connectivity index (χ2n) is 3.19. The van der Waals surface area contributed by atoms with Crippen molar-refractivity contribution in [2.75, 3.05) is 6.54 Å². The fourth-order valence-corrected chi connectivity index (χ4v) is 0.925. The van der Waals surface area contributed by atoms with Gasteiger partial charge in [0, 0.05) is 0 Å². The van der Waals surface area contributed by atoms with Crippen LogP contribution in [-0.4, -0.2) is 30.8 Å². The van der Waals surface area contributed by atoms with Gasteiger partial charge in [0.1, 0.15) is 6.04 Å². The minimum atomic E-state index is -0.698. The molecule has 0 heterocycles. The first-order valence-electron chi connectivity index (χ1n) is 4.24. The van der Waals surface area contributed by atoms with E-state index in [-0.39, 0.29) is 12.5 Å². The number of carbonyl (C=O) groups excluding carboxylic acids is 3. The van der Waals surface area contributed by atoms with Crippen molar-refractivity contribution in [1.29, 1.82) is 0 Å². The van der Waals surface area contributed by atoms with Crippen molar-refractivity contribution in [3.63, 3.8) is 0 Å². The molecule has 0 rings (SSSR count). The molecule has 1 atom stereocenters. The molecular formula is C8H15N3O3. The summed E-state index contributed by atoms with van der Waals surface area (Å²) in [6, 6.07) is -0.698. The van der Waals surface area contributed by atoms with Crippen LogP contribution in [0.5, 0.6) is 0 Å². The average molecular weight is 201 g/mol. The normalized spacial score (nSPS) is 11.9. The molecule has 0 aromatic heterocycles. The lowest BCUT2D eigenvalue weighted by molar-refractivity contribution is -0.128. The molecule has 0 radical (unpaired) electrons. The van der Waals surface area contributed by atoms with Crippen LogP contribution in [0.2, 0.25) is 0 Å². The Morgan fingerprint density at radius 1 is 1.43 bits per heavy atom. The van der Waals surface area contributed by atoms with Gasteiger partial charge in [0.05, 0.1) is 6.54 Å². The highest BCUT2D eigenvalue weighted by Crippen LogP contribution is 1.99. The molecule has 0 bridgehead atoms. The first-order chi connectivity index (χ1) is 6.49. The summed E-state index contributed by atoms with van der Waals surface area (Å²) in [5.74, 6) is -1.10. The molecule has 80 valence electrons. The average Bonchev–Trinajstić information content (AvgIpc) is 2.09. The van der Waals surface area contributed by atoms with Gasteiger partial charge in [0.2, 0.25) is 18.2 Å². The molecule has 0 aliphatic carbocycles. The van der Waals surface area contributed by atoms with Crippen LogP contribution in [0.3, 0.4) is 0 Å². The molecule has 0 saturated carbocycles. The van der Waals surface area contributed by atoms with E-state index in [0.29, 0.717) is 6.41 Å². The summed E-state index contributed by atoms with van der Waals surface area (Å²) in [5, 5.41) is 4.60. The van der Waals surface area contributed by atoms with Gasteiger partial charge in [-0.1, -0.05) is 13.8 Å². The standard InChI is InChI=1S/C8H15N3O3/c1-5(2)7(8(9)14)11-6(13)3-10-4-12/h4-5,7H,3H2,1-2H3,(H2,9,14)(H,10,12)(H,11,13)/t7-/m0/s1. The lowest BCUT2D eigenvalue weighted by Gasteiger charge is -2.18. The maximum absolute atomic E-state index is 11.1. The maximum atomic E-state index is 11.1. The van der Waals surface area contributed by atoms with Gasteiger partial charge in [-0.05, 0) is 5.92 Å². The van der Waals surface area contributed by atoms with E-state index in [1.54, 1.807) is 13.8 Å². The van der Waals surface area contributed by atoms with E-state index < -0.39 is 17.9 Å². The smallest absolute Gasteiger partial charge is 0.240 e. The summed E-state index contributed by atoms with van der Waals surface area (Å²) in [5.41, 5.74) is 5.07. The highest BCUT2D eigenvalue weighted by molar-refractivity contribution is 5.88. The van der Waals surface area contributed by atoms with Crippen molar-refractivity contribution in [2.24, 2.45) is 11.7 Å². The number of hydrogen-bond acceptors (Lipinski definition) is 3. The second-order valence-corrected chi connectivity index (χ2v) is 3.19. The zero-order valence-electron chi connectivity index (χ0n) is 8.24. The Hall–Kier alpha value is -1.59. The van der Waals surface area contributed by atoms with E-state index >= 15 is 0 Å². The van der Waals surface area contributed by atoms with Gasteiger partial charge < -0.3 is 16.4 Å². The lowest BCUT2D eigenvalue weighted by Crippen LogP contribution is -2.49. The van der Waals surface area contributed by atoms with Gasteiger partial charge in [-0.25, -0.2) is 0 Å². The largest absolute Gasteiger partial charge is 0.368 e. The number of hydrogen-bond donors (Lipinski definition) is 3. The van der Waals surface area contributed by atoms with Crippen LogP contribution in [0.1, 0.15) is 13.8 Å². The van der Waals surface area contributed by atoms with Crippen molar-refractivity contribution in [2.45, 2.75) is 19.9 Å². The van der Waals surface area contributed by atoms with Gasteiger partial charge >= 0.3 is 0 Å². The van der Waals surface area contributed by atoms with Gasteiger partial charge in [-0.3, -0.25) is 14.4 Å². The Balaban J connectivity index is 4.09. The summed E-state index contributed by atoms with van der Waals surface area (Å²) >= 11 is 0. The molecule has 4 N–H and O–H groups in total. The zero-order valence-corrected chi connectivity index (χ0v) is 8.24. The molecule has 3 amide bonds. The monoisotopic (exact) mass is 201 g/mol. The summed E-state index contributed by atoms with van der Waals surface area (Å²) in [6.07, 6.45) is 0.411. The first kappa shape index (κ1) is 12.4. The minimum Gasteiger partial charge on any atom is -0.368 e. The topological polar surface area (TPSA) is 101 Å². The van der Waals surface area contributed by atoms with Crippen LogP contribution >= 0.6 is 0 Å². The molecule has 6 heteroatoms. The summed E-state index contributed by atoms with van der Waals surface area (Å²) in [7, 11) is 0. The minimum absolute atomic E-state index is 0.0762. The van der Waals surface area contributed by atoms with Crippen molar-refractivity contribution in [3.8, 4) is 0 Å². The van der Waals surface area contributed by atoms with Crippen molar-refractivity contribution >= 4 is 18.2 Å². The third kappa shape index (κ3) is 4.44. The molecule has 0 saturated heterocycles. The van der Waals surface area contributed by atoms with Gasteiger partial charge in [0.25, 0.3) is 0 Å². The van der Waals surface area contributed by atoms with Gasteiger partial charge in [-0.2, -0.15) is 0 Å².